The van der Waals surface area contributed by atoms with E-state index in [0.717, 1.165) is 34.7 Å². The average Bonchev–Trinajstić information content (AvgIpc) is 2.87. The molecule has 0 atom stereocenters. The number of alkyl halides is 1. The first-order valence-electron chi connectivity index (χ1n) is 6.86. The summed E-state index contributed by atoms with van der Waals surface area (Å²) in [4.78, 5) is 4.75. The number of halogens is 1. The van der Waals surface area contributed by atoms with Gasteiger partial charge in [-0.15, -0.1) is 11.6 Å². The second kappa shape index (κ2) is 5.29. The summed E-state index contributed by atoms with van der Waals surface area (Å²) >= 11 is 6.17. The number of fused-ring (bicyclic) bond motifs is 1. The van der Waals surface area contributed by atoms with Crippen LogP contribution >= 0.6 is 11.6 Å². The fraction of sp³-hybridized carbons (Fsp3) is 0.235. The van der Waals surface area contributed by atoms with Crippen LogP contribution in [0.25, 0.3) is 16.9 Å². The standard InChI is InChI=1S/C17H17ClN2/c1-3-13-7-9-14(10-8-13)17-15(11-18)20-12(2)5-4-6-16(20)19-17/h4-10H,3,11H2,1-2H3. The molecule has 2 aromatic heterocycles. The lowest BCUT2D eigenvalue weighted by Crippen LogP contribution is -1.95. The molecule has 3 rings (SSSR count). The molecule has 0 saturated carbocycles. The Kier molecular flexibility index (Phi) is 3.49. The second-order valence-electron chi connectivity index (χ2n) is 4.95. The van der Waals surface area contributed by atoms with E-state index in [1.165, 1.54) is 5.56 Å². The highest BCUT2D eigenvalue weighted by Gasteiger charge is 2.14. The number of benzene rings is 1. The third-order valence-electron chi connectivity index (χ3n) is 3.70. The zero-order valence-electron chi connectivity index (χ0n) is 11.7. The lowest BCUT2D eigenvalue weighted by Gasteiger charge is -2.05. The fourth-order valence-electron chi connectivity index (χ4n) is 2.58. The van der Waals surface area contributed by atoms with E-state index < -0.39 is 0 Å². The summed E-state index contributed by atoms with van der Waals surface area (Å²) in [7, 11) is 0. The van der Waals surface area contributed by atoms with Crippen LogP contribution in [0.15, 0.2) is 42.5 Å². The Morgan fingerprint density at radius 3 is 2.50 bits per heavy atom. The molecule has 0 radical (unpaired) electrons. The van der Waals surface area contributed by atoms with E-state index in [1.54, 1.807) is 0 Å². The van der Waals surface area contributed by atoms with E-state index in [0.29, 0.717) is 5.88 Å². The highest BCUT2D eigenvalue weighted by molar-refractivity contribution is 6.17. The monoisotopic (exact) mass is 284 g/mol. The van der Waals surface area contributed by atoms with Crippen LogP contribution in [0.2, 0.25) is 0 Å². The van der Waals surface area contributed by atoms with E-state index in [1.807, 2.05) is 12.1 Å². The first-order chi connectivity index (χ1) is 9.74. The molecule has 0 unspecified atom stereocenters. The van der Waals surface area contributed by atoms with E-state index >= 15 is 0 Å². The van der Waals surface area contributed by atoms with Crippen molar-refractivity contribution in [3.8, 4) is 11.3 Å². The summed E-state index contributed by atoms with van der Waals surface area (Å²) < 4.78 is 2.13. The molecule has 0 fully saturated rings. The van der Waals surface area contributed by atoms with Gasteiger partial charge < -0.3 is 0 Å². The minimum Gasteiger partial charge on any atom is -0.299 e. The van der Waals surface area contributed by atoms with Crippen molar-refractivity contribution in [2.45, 2.75) is 26.1 Å². The van der Waals surface area contributed by atoms with Gasteiger partial charge in [-0.1, -0.05) is 37.3 Å². The molecule has 102 valence electrons. The molecule has 2 heterocycles. The van der Waals surface area contributed by atoms with Crippen molar-refractivity contribution in [2.24, 2.45) is 0 Å². The van der Waals surface area contributed by atoms with E-state index in [9.17, 15) is 0 Å². The van der Waals surface area contributed by atoms with Crippen molar-refractivity contribution in [3.05, 3.63) is 59.4 Å². The summed E-state index contributed by atoms with van der Waals surface area (Å²) in [6.45, 7) is 4.24. The highest BCUT2D eigenvalue weighted by Crippen LogP contribution is 2.27. The zero-order chi connectivity index (χ0) is 14.1. The molecule has 0 N–H and O–H groups in total. The zero-order valence-corrected chi connectivity index (χ0v) is 12.5. The fourth-order valence-corrected chi connectivity index (χ4v) is 2.83. The van der Waals surface area contributed by atoms with Crippen LogP contribution in [0, 0.1) is 6.92 Å². The van der Waals surface area contributed by atoms with Crippen molar-refractivity contribution < 1.29 is 0 Å². The van der Waals surface area contributed by atoms with Gasteiger partial charge in [0.2, 0.25) is 0 Å². The van der Waals surface area contributed by atoms with Gasteiger partial charge >= 0.3 is 0 Å². The molecule has 3 aromatic rings. The van der Waals surface area contributed by atoms with E-state index in [-0.39, 0.29) is 0 Å². The minimum atomic E-state index is 0.455. The topological polar surface area (TPSA) is 17.3 Å². The summed E-state index contributed by atoms with van der Waals surface area (Å²) in [5, 5.41) is 0. The van der Waals surface area contributed by atoms with Gasteiger partial charge in [-0.2, -0.15) is 0 Å². The Hall–Kier alpha value is -1.80. The van der Waals surface area contributed by atoms with Crippen LogP contribution < -0.4 is 0 Å². The van der Waals surface area contributed by atoms with Crippen LogP contribution in [-0.2, 0) is 12.3 Å². The maximum atomic E-state index is 6.17. The quantitative estimate of drug-likeness (QED) is 0.642. The Labute approximate surface area is 124 Å². The SMILES string of the molecule is CCc1ccc(-c2nc3cccc(C)n3c2CCl)cc1. The predicted octanol–water partition coefficient (Wildman–Crippen LogP) is 4.61. The molecule has 3 heteroatoms. The number of rotatable bonds is 3. The van der Waals surface area contributed by atoms with Gasteiger partial charge in [-0.3, -0.25) is 4.40 Å². The van der Waals surface area contributed by atoms with Crippen LogP contribution in [0.3, 0.4) is 0 Å². The molecule has 0 saturated heterocycles. The number of hydrogen-bond donors (Lipinski definition) is 0. The van der Waals surface area contributed by atoms with Gasteiger partial charge in [-0.25, -0.2) is 4.98 Å². The van der Waals surface area contributed by atoms with Crippen molar-refractivity contribution >= 4 is 17.2 Å². The Morgan fingerprint density at radius 1 is 1.10 bits per heavy atom. The lowest BCUT2D eigenvalue weighted by atomic mass is 10.1. The van der Waals surface area contributed by atoms with E-state index in [4.69, 9.17) is 16.6 Å². The van der Waals surface area contributed by atoms with Crippen LogP contribution in [0.1, 0.15) is 23.9 Å². The highest BCUT2D eigenvalue weighted by atomic mass is 35.5. The number of nitrogens with zero attached hydrogens (tertiary/aromatic N) is 2. The van der Waals surface area contributed by atoms with Crippen molar-refractivity contribution in [1.82, 2.24) is 9.38 Å². The Balaban J connectivity index is 2.22. The molecule has 2 nitrogen and oxygen atoms in total. The number of aromatic nitrogens is 2. The van der Waals surface area contributed by atoms with Crippen LogP contribution in [0.5, 0.6) is 0 Å². The summed E-state index contributed by atoms with van der Waals surface area (Å²) in [6, 6.07) is 14.7. The Bertz CT molecular complexity index is 742. The number of pyridine rings is 1. The molecule has 0 aliphatic carbocycles. The van der Waals surface area contributed by atoms with Gasteiger partial charge in [0, 0.05) is 11.3 Å². The number of aryl methyl sites for hydroxylation is 2. The van der Waals surface area contributed by atoms with Gasteiger partial charge in [0.05, 0.1) is 17.3 Å². The molecular formula is C17H17ClN2. The molecule has 0 aliphatic rings. The normalized spacial score (nSPS) is 11.2. The van der Waals surface area contributed by atoms with Gasteiger partial charge in [-0.05, 0) is 31.0 Å². The van der Waals surface area contributed by atoms with E-state index in [2.05, 4.69) is 48.6 Å². The molecule has 0 spiro atoms. The van der Waals surface area contributed by atoms with Crippen LogP contribution in [0.4, 0.5) is 0 Å². The smallest absolute Gasteiger partial charge is 0.137 e. The molecule has 20 heavy (non-hydrogen) atoms. The van der Waals surface area contributed by atoms with Crippen molar-refractivity contribution in [1.29, 1.82) is 0 Å². The molecule has 0 amide bonds. The maximum Gasteiger partial charge on any atom is 0.137 e. The van der Waals surface area contributed by atoms with Gasteiger partial charge in [0.15, 0.2) is 0 Å². The number of hydrogen-bond acceptors (Lipinski definition) is 1. The molecule has 0 aliphatic heterocycles. The molecule has 1 aromatic carbocycles. The van der Waals surface area contributed by atoms with Gasteiger partial charge in [0.25, 0.3) is 0 Å². The van der Waals surface area contributed by atoms with Gasteiger partial charge in [0.1, 0.15) is 5.65 Å². The van der Waals surface area contributed by atoms with Crippen LogP contribution in [-0.4, -0.2) is 9.38 Å². The summed E-state index contributed by atoms with van der Waals surface area (Å²) in [5.74, 6) is 0.455. The van der Waals surface area contributed by atoms with Crippen molar-refractivity contribution in [2.75, 3.05) is 0 Å². The second-order valence-corrected chi connectivity index (χ2v) is 5.22. The number of imidazole rings is 1. The third-order valence-corrected chi connectivity index (χ3v) is 3.95. The first-order valence-corrected chi connectivity index (χ1v) is 7.40. The lowest BCUT2D eigenvalue weighted by molar-refractivity contribution is 1.03. The van der Waals surface area contributed by atoms with Crippen molar-refractivity contribution in [3.63, 3.8) is 0 Å². The maximum absolute atomic E-state index is 6.17. The largest absolute Gasteiger partial charge is 0.299 e. The first kappa shape index (κ1) is 13.2. The average molecular weight is 285 g/mol. The summed E-state index contributed by atoms with van der Waals surface area (Å²) in [5.41, 5.74) is 6.61. The molecular weight excluding hydrogens is 268 g/mol. The third kappa shape index (κ3) is 2.10. The molecule has 0 bridgehead atoms. The summed E-state index contributed by atoms with van der Waals surface area (Å²) in [6.07, 6.45) is 1.05. The predicted molar refractivity (Wildman–Crippen MR) is 84.3 cm³/mol. The Morgan fingerprint density at radius 2 is 1.85 bits per heavy atom. The minimum absolute atomic E-state index is 0.455.